The van der Waals surface area contributed by atoms with Crippen molar-refractivity contribution in [2.45, 2.75) is 25.0 Å². The van der Waals surface area contributed by atoms with Gasteiger partial charge >= 0.3 is 0 Å². The molecule has 2 amide bonds. The molecule has 2 atom stereocenters. The second-order valence-corrected chi connectivity index (χ2v) is 4.94. The summed E-state index contributed by atoms with van der Waals surface area (Å²) >= 11 is 0. The number of nitrogen functional groups attached to an aromatic ring is 1. The summed E-state index contributed by atoms with van der Waals surface area (Å²) in [7, 11) is 0. The highest BCUT2D eigenvalue weighted by Crippen LogP contribution is 2.28. The first kappa shape index (κ1) is 12.9. The number of benzene rings is 1. The summed E-state index contributed by atoms with van der Waals surface area (Å²) in [6.07, 6.45) is 0.346. The largest absolute Gasteiger partial charge is 0.492 e. The third kappa shape index (κ3) is 2.34. The SMILES string of the molecule is Nc1cccc(OCCN2C(=O)C3CCC(O3)C2=O)c1. The summed E-state index contributed by atoms with van der Waals surface area (Å²) in [6.45, 7) is 0.489. The second-order valence-electron chi connectivity index (χ2n) is 4.94. The number of carbonyl (C=O) groups is 2. The fraction of sp³-hybridized carbons (Fsp3) is 0.429. The molecule has 3 rings (SSSR count). The van der Waals surface area contributed by atoms with E-state index in [0.717, 1.165) is 0 Å². The number of carbonyl (C=O) groups excluding carboxylic acids is 2. The van der Waals surface area contributed by atoms with Crippen LogP contribution in [0.1, 0.15) is 12.8 Å². The Labute approximate surface area is 116 Å². The third-order valence-electron chi connectivity index (χ3n) is 3.54. The van der Waals surface area contributed by atoms with Gasteiger partial charge in [-0.05, 0) is 25.0 Å². The number of fused-ring (bicyclic) bond motifs is 2. The average Bonchev–Trinajstić information content (AvgIpc) is 2.88. The van der Waals surface area contributed by atoms with Gasteiger partial charge in [0, 0.05) is 11.8 Å². The van der Waals surface area contributed by atoms with Crippen molar-refractivity contribution in [3.63, 3.8) is 0 Å². The van der Waals surface area contributed by atoms with Gasteiger partial charge in [0.05, 0.1) is 6.54 Å². The van der Waals surface area contributed by atoms with E-state index >= 15 is 0 Å². The summed E-state index contributed by atoms with van der Waals surface area (Å²) in [5.74, 6) is 0.126. The molecule has 0 aromatic heterocycles. The predicted molar refractivity (Wildman–Crippen MR) is 71.0 cm³/mol. The molecule has 6 heteroatoms. The van der Waals surface area contributed by atoms with E-state index in [1.54, 1.807) is 24.3 Å². The Balaban J connectivity index is 1.58. The number of nitrogens with two attached hydrogens (primary N) is 1. The molecule has 2 saturated heterocycles. The monoisotopic (exact) mass is 276 g/mol. The van der Waals surface area contributed by atoms with Crippen LogP contribution in [-0.2, 0) is 14.3 Å². The average molecular weight is 276 g/mol. The summed E-state index contributed by atoms with van der Waals surface area (Å²) < 4.78 is 10.8. The van der Waals surface area contributed by atoms with Gasteiger partial charge in [-0.15, -0.1) is 0 Å². The number of hydrogen-bond acceptors (Lipinski definition) is 5. The first-order valence-electron chi connectivity index (χ1n) is 6.64. The van der Waals surface area contributed by atoms with Gasteiger partial charge < -0.3 is 15.2 Å². The molecule has 2 N–H and O–H groups in total. The Kier molecular flexibility index (Phi) is 3.31. The van der Waals surface area contributed by atoms with Crippen molar-refractivity contribution in [1.29, 1.82) is 0 Å². The van der Waals surface area contributed by atoms with Gasteiger partial charge in [-0.2, -0.15) is 0 Å². The Hall–Kier alpha value is -2.08. The molecular formula is C14H16N2O4. The number of likely N-dealkylation sites (tertiary alicyclic amines) is 1. The molecule has 2 fully saturated rings. The van der Waals surface area contributed by atoms with E-state index in [2.05, 4.69) is 0 Å². The molecule has 0 aliphatic carbocycles. The Morgan fingerprint density at radius 2 is 1.95 bits per heavy atom. The number of ether oxygens (including phenoxy) is 2. The molecular weight excluding hydrogens is 260 g/mol. The molecule has 1 aromatic carbocycles. The zero-order chi connectivity index (χ0) is 14.1. The fourth-order valence-electron chi connectivity index (χ4n) is 2.54. The van der Waals surface area contributed by atoms with Crippen LogP contribution in [0, 0.1) is 0 Å². The number of hydrogen-bond donors (Lipinski definition) is 1. The molecule has 0 saturated carbocycles. The summed E-state index contributed by atoms with van der Waals surface area (Å²) in [4.78, 5) is 25.2. The quantitative estimate of drug-likeness (QED) is 0.642. The van der Waals surface area contributed by atoms with Crippen LogP contribution in [0.15, 0.2) is 24.3 Å². The summed E-state index contributed by atoms with van der Waals surface area (Å²) in [5.41, 5.74) is 6.26. The lowest BCUT2D eigenvalue weighted by atomic mass is 10.2. The van der Waals surface area contributed by atoms with Gasteiger partial charge in [0.1, 0.15) is 24.6 Å². The van der Waals surface area contributed by atoms with Gasteiger partial charge in [-0.3, -0.25) is 14.5 Å². The molecule has 0 spiro atoms. The highest BCUT2D eigenvalue weighted by atomic mass is 16.5. The van der Waals surface area contributed by atoms with E-state index in [4.69, 9.17) is 15.2 Å². The van der Waals surface area contributed by atoms with Crippen molar-refractivity contribution in [2.24, 2.45) is 0 Å². The zero-order valence-electron chi connectivity index (χ0n) is 11.0. The van der Waals surface area contributed by atoms with E-state index in [-0.39, 0.29) is 25.0 Å². The van der Waals surface area contributed by atoms with Crippen molar-refractivity contribution in [3.05, 3.63) is 24.3 Å². The summed E-state index contributed by atoms with van der Waals surface area (Å²) in [5, 5.41) is 0. The van der Waals surface area contributed by atoms with Crippen LogP contribution >= 0.6 is 0 Å². The molecule has 2 aliphatic heterocycles. The first-order chi connectivity index (χ1) is 9.65. The van der Waals surface area contributed by atoms with Crippen molar-refractivity contribution < 1.29 is 19.1 Å². The van der Waals surface area contributed by atoms with Crippen molar-refractivity contribution in [1.82, 2.24) is 4.90 Å². The highest BCUT2D eigenvalue weighted by Gasteiger charge is 2.46. The normalized spacial score (nSPS) is 25.1. The Morgan fingerprint density at radius 3 is 2.60 bits per heavy atom. The van der Waals surface area contributed by atoms with Gasteiger partial charge in [-0.25, -0.2) is 0 Å². The number of nitrogens with zero attached hydrogens (tertiary/aromatic N) is 1. The van der Waals surface area contributed by atoms with Crippen molar-refractivity contribution >= 4 is 17.5 Å². The maximum absolute atomic E-state index is 12.0. The van der Waals surface area contributed by atoms with E-state index < -0.39 is 12.2 Å². The second kappa shape index (κ2) is 5.13. The molecule has 2 heterocycles. The van der Waals surface area contributed by atoms with Crippen LogP contribution in [0.4, 0.5) is 5.69 Å². The van der Waals surface area contributed by atoms with Crippen LogP contribution in [0.25, 0.3) is 0 Å². The lowest BCUT2D eigenvalue weighted by Gasteiger charge is -2.29. The standard InChI is InChI=1S/C14H16N2O4/c15-9-2-1-3-10(8-9)19-7-6-16-13(17)11-4-5-12(20-11)14(16)18/h1-3,8,11-12H,4-7,15H2. The topological polar surface area (TPSA) is 81.9 Å². The lowest BCUT2D eigenvalue weighted by molar-refractivity contribution is -0.168. The van der Waals surface area contributed by atoms with Crippen molar-refractivity contribution in [2.75, 3.05) is 18.9 Å². The minimum absolute atomic E-state index is 0.239. The molecule has 6 nitrogen and oxygen atoms in total. The smallest absolute Gasteiger partial charge is 0.258 e. The van der Waals surface area contributed by atoms with E-state index in [1.807, 2.05) is 0 Å². The summed E-state index contributed by atoms with van der Waals surface area (Å²) in [6, 6.07) is 7.03. The van der Waals surface area contributed by atoms with Gasteiger partial charge in [0.2, 0.25) is 0 Å². The van der Waals surface area contributed by atoms with Crippen LogP contribution in [0.5, 0.6) is 5.75 Å². The lowest BCUT2D eigenvalue weighted by Crippen LogP contribution is -2.52. The van der Waals surface area contributed by atoms with Gasteiger partial charge in [0.25, 0.3) is 11.8 Å². The predicted octanol–water partition coefficient (Wildman–Crippen LogP) is 0.564. The number of morpholine rings is 1. The number of rotatable bonds is 4. The maximum Gasteiger partial charge on any atom is 0.258 e. The minimum atomic E-state index is -0.454. The zero-order valence-corrected chi connectivity index (χ0v) is 11.0. The number of anilines is 1. The highest BCUT2D eigenvalue weighted by molar-refractivity contribution is 6.02. The van der Waals surface area contributed by atoms with Gasteiger partial charge in [0.15, 0.2) is 0 Å². The Morgan fingerprint density at radius 1 is 1.25 bits per heavy atom. The Bertz CT molecular complexity index is 524. The minimum Gasteiger partial charge on any atom is -0.492 e. The van der Waals surface area contributed by atoms with Crippen LogP contribution < -0.4 is 10.5 Å². The molecule has 20 heavy (non-hydrogen) atoms. The third-order valence-corrected chi connectivity index (χ3v) is 3.54. The van der Waals surface area contributed by atoms with Crippen LogP contribution in [0.2, 0.25) is 0 Å². The van der Waals surface area contributed by atoms with E-state index in [9.17, 15) is 9.59 Å². The number of imide groups is 1. The molecule has 2 bridgehead atoms. The fourth-order valence-corrected chi connectivity index (χ4v) is 2.54. The van der Waals surface area contributed by atoms with Gasteiger partial charge in [-0.1, -0.05) is 6.07 Å². The molecule has 0 radical (unpaired) electrons. The molecule has 2 aliphatic rings. The van der Waals surface area contributed by atoms with E-state index in [0.29, 0.717) is 24.3 Å². The van der Waals surface area contributed by atoms with E-state index in [1.165, 1.54) is 4.90 Å². The maximum atomic E-state index is 12.0. The first-order valence-corrected chi connectivity index (χ1v) is 6.64. The molecule has 2 unspecified atom stereocenters. The van der Waals surface area contributed by atoms with Crippen LogP contribution in [-0.4, -0.2) is 42.1 Å². The van der Waals surface area contributed by atoms with Crippen molar-refractivity contribution in [3.8, 4) is 5.75 Å². The molecule has 106 valence electrons. The van der Waals surface area contributed by atoms with Crippen LogP contribution in [0.3, 0.4) is 0 Å². The molecule has 1 aromatic rings. The number of amides is 2.